The van der Waals surface area contributed by atoms with E-state index in [1.54, 1.807) is 0 Å². The number of allylic oxidation sites excluding steroid dienone is 2. The van der Waals surface area contributed by atoms with Crippen LogP contribution in [0, 0.1) is 56.7 Å². The minimum Gasteiger partial charge on any atom is -0.356 e. The van der Waals surface area contributed by atoms with Gasteiger partial charge in [0, 0.05) is 12.0 Å². The second-order valence-corrected chi connectivity index (χ2v) is 16.6. The Hall–Kier alpha value is -1.42. The molecule has 224 valence electrons. The summed E-state index contributed by atoms with van der Waals surface area (Å²) in [6.07, 6.45) is 10.8. The number of fused-ring (bicyclic) bond motifs is 7. The third-order valence-electron chi connectivity index (χ3n) is 14.2. The van der Waals surface area contributed by atoms with Crippen LogP contribution < -0.4 is 5.32 Å². The molecule has 0 saturated heterocycles. The number of amides is 1. The lowest BCUT2D eigenvalue weighted by atomic mass is 9.32. The van der Waals surface area contributed by atoms with Crippen LogP contribution in [0.1, 0.15) is 106 Å². The smallest absolute Gasteiger partial charge is 0.226 e. The van der Waals surface area contributed by atoms with Gasteiger partial charge in [-0.15, -0.1) is 0 Å². The van der Waals surface area contributed by atoms with Crippen molar-refractivity contribution in [2.45, 2.75) is 106 Å². The molecule has 4 heteroatoms. The van der Waals surface area contributed by atoms with Crippen molar-refractivity contribution >= 4 is 11.7 Å². The summed E-state index contributed by atoms with van der Waals surface area (Å²) in [6, 6.07) is 0. The fraction of sp³-hybridized carbons (Fsp3) is 0.833. The fourth-order valence-corrected chi connectivity index (χ4v) is 12.3. The molecular weight excluding hydrogens is 492 g/mol. The molecule has 5 aliphatic carbocycles. The summed E-state index contributed by atoms with van der Waals surface area (Å²) in [5.41, 5.74) is 2.06. The number of hydrogen-bond donors (Lipinski definition) is 1. The lowest BCUT2D eigenvalue weighted by Crippen LogP contribution is -2.67. The van der Waals surface area contributed by atoms with E-state index in [0.717, 1.165) is 63.6 Å². The van der Waals surface area contributed by atoms with Crippen molar-refractivity contribution in [3.63, 3.8) is 0 Å². The van der Waals surface area contributed by atoms with Gasteiger partial charge >= 0.3 is 0 Å². The summed E-state index contributed by atoms with van der Waals surface area (Å²) in [5.74, 6) is 3.00. The van der Waals surface area contributed by atoms with E-state index >= 15 is 0 Å². The normalized spacial score (nSPS) is 45.8. The first-order valence-corrected chi connectivity index (χ1v) is 16.4. The molecule has 0 radical (unpaired) electrons. The molecule has 0 spiro atoms. The van der Waals surface area contributed by atoms with Gasteiger partial charge in [-0.1, -0.05) is 53.3 Å². The zero-order chi connectivity index (χ0) is 29.5. The maximum atomic E-state index is 14.1. The van der Waals surface area contributed by atoms with Crippen molar-refractivity contribution in [2.24, 2.45) is 56.7 Å². The molecule has 0 aliphatic heterocycles. The summed E-state index contributed by atoms with van der Waals surface area (Å²) in [5, 5.41) is 3.43. The Balaban J connectivity index is 1.48. The van der Waals surface area contributed by atoms with Gasteiger partial charge in [-0.25, -0.2) is 0 Å². The molecule has 0 unspecified atom stereocenters. The largest absolute Gasteiger partial charge is 0.356 e. The third-order valence-corrected chi connectivity index (χ3v) is 14.2. The minimum absolute atomic E-state index is 0.108. The number of rotatable bonds is 6. The number of ketones is 1. The van der Waals surface area contributed by atoms with Crippen molar-refractivity contribution in [3.8, 4) is 0 Å². The molecule has 5 fully saturated rings. The van der Waals surface area contributed by atoms with Crippen LogP contribution >= 0.6 is 0 Å². The zero-order valence-corrected chi connectivity index (χ0v) is 27.0. The first-order valence-electron chi connectivity index (χ1n) is 16.4. The van der Waals surface area contributed by atoms with E-state index < -0.39 is 0 Å². The van der Waals surface area contributed by atoms with Crippen molar-refractivity contribution in [1.29, 1.82) is 0 Å². The topological polar surface area (TPSA) is 49.4 Å². The summed E-state index contributed by atoms with van der Waals surface area (Å²) in [4.78, 5) is 29.6. The van der Waals surface area contributed by atoms with Crippen molar-refractivity contribution in [1.82, 2.24) is 10.2 Å². The Bertz CT molecular complexity index is 1090. The molecule has 0 heterocycles. The first-order chi connectivity index (χ1) is 18.6. The summed E-state index contributed by atoms with van der Waals surface area (Å²) in [7, 11) is 4.19. The average Bonchev–Trinajstić information content (AvgIpc) is 3.27. The molecule has 5 aliphatic rings. The van der Waals surface area contributed by atoms with Gasteiger partial charge in [-0.05, 0) is 143 Å². The second kappa shape index (κ2) is 9.81. The Morgan fingerprint density at radius 2 is 1.65 bits per heavy atom. The molecule has 5 rings (SSSR count). The van der Waals surface area contributed by atoms with Crippen molar-refractivity contribution in [2.75, 3.05) is 27.2 Å². The van der Waals surface area contributed by atoms with Crippen LogP contribution in [0.5, 0.6) is 0 Å². The summed E-state index contributed by atoms with van der Waals surface area (Å²) >= 11 is 0. The Labute approximate surface area is 245 Å². The van der Waals surface area contributed by atoms with Gasteiger partial charge in [0.25, 0.3) is 0 Å². The Morgan fingerprint density at radius 1 is 0.950 bits per heavy atom. The van der Waals surface area contributed by atoms with E-state index in [2.05, 4.69) is 79.0 Å². The van der Waals surface area contributed by atoms with E-state index in [9.17, 15) is 9.59 Å². The third kappa shape index (κ3) is 4.00. The lowest BCUT2D eigenvalue weighted by molar-refractivity contribution is -0.229. The average molecular weight is 551 g/mol. The number of carbonyl (C=O) groups is 2. The van der Waals surface area contributed by atoms with E-state index in [-0.39, 0.29) is 27.1 Å². The van der Waals surface area contributed by atoms with E-state index in [0.29, 0.717) is 41.3 Å². The van der Waals surface area contributed by atoms with Crippen LogP contribution in [-0.2, 0) is 9.59 Å². The first kappa shape index (κ1) is 30.1. The molecule has 0 aromatic rings. The van der Waals surface area contributed by atoms with E-state index in [1.165, 1.54) is 24.8 Å². The standard InChI is InChI=1S/C36H58N2O2/c1-23(2)25-14-17-36(31(40)37-20-11-21-38(9)10)19-18-34(7)26(29(25)36)12-13-28-33(6)22-24(3)30(39)32(4,5)27(33)15-16-35(28,34)8/h25-29H,1,3,11-22H2,2,4-10H3,(H,37,40)/t25-,26+,27-,28+,29+,33-,34+,35+,36-/m0/s1. The molecule has 1 N–H and O–H groups in total. The highest BCUT2D eigenvalue weighted by Gasteiger charge is 2.72. The highest BCUT2D eigenvalue weighted by molar-refractivity contribution is 6.00. The fourth-order valence-electron chi connectivity index (χ4n) is 12.3. The predicted molar refractivity (Wildman–Crippen MR) is 165 cm³/mol. The molecule has 9 atom stereocenters. The van der Waals surface area contributed by atoms with Gasteiger partial charge in [-0.3, -0.25) is 9.59 Å². The highest BCUT2D eigenvalue weighted by Crippen LogP contribution is 2.77. The number of Topliss-reactive ketones (excluding diaryl/α,β-unsaturated/α-hetero) is 1. The molecule has 1 amide bonds. The maximum Gasteiger partial charge on any atom is 0.226 e. The van der Waals surface area contributed by atoms with E-state index in [1.807, 2.05) is 0 Å². The Morgan fingerprint density at radius 3 is 2.30 bits per heavy atom. The number of nitrogens with one attached hydrogen (secondary N) is 1. The van der Waals surface area contributed by atoms with E-state index in [4.69, 9.17) is 0 Å². The maximum absolute atomic E-state index is 14.1. The Kier molecular flexibility index (Phi) is 7.37. The highest BCUT2D eigenvalue weighted by atomic mass is 16.2. The van der Waals surface area contributed by atoms with Crippen LogP contribution in [0.25, 0.3) is 0 Å². The zero-order valence-electron chi connectivity index (χ0n) is 27.0. The minimum atomic E-state index is -0.327. The van der Waals surface area contributed by atoms with Gasteiger partial charge < -0.3 is 10.2 Å². The molecule has 5 saturated carbocycles. The molecule has 0 bridgehead atoms. The van der Waals surface area contributed by atoms with Crippen LogP contribution in [0.15, 0.2) is 24.3 Å². The van der Waals surface area contributed by atoms with Crippen LogP contribution in [-0.4, -0.2) is 43.8 Å². The van der Waals surface area contributed by atoms with Crippen LogP contribution in [0.2, 0.25) is 0 Å². The SMILES string of the molecule is C=C1C[C@]2(C)[C@H]3CC[C@@H]4[C@H]5[C@H](C(=C)C)CC[C@]5(C(=O)NCCCN(C)C)CC[C@@]4(C)[C@]3(C)CC[C@H]2C(C)(C)C1=O. The second-order valence-electron chi connectivity index (χ2n) is 16.6. The van der Waals surface area contributed by atoms with Crippen LogP contribution in [0.4, 0.5) is 0 Å². The lowest BCUT2D eigenvalue weighted by Gasteiger charge is -2.72. The number of hydrogen-bond acceptors (Lipinski definition) is 3. The summed E-state index contributed by atoms with van der Waals surface area (Å²) in [6.45, 7) is 24.9. The number of nitrogens with zero attached hydrogens (tertiary/aromatic N) is 1. The molecule has 0 aromatic carbocycles. The number of carbonyl (C=O) groups excluding carboxylic acids is 2. The monoisotopic (exact) mass is 550 g/mol. The predicted octanol–water partition coefficient (Wildman–Crippen LogP) is 7.45. The van der Waals surface area contributed by atoms with Gasteiger partial charge in [0.15, 0.2) is 5.78 Å². The van der Waals surface area contributed by atoms with Crippen molar-refractivity contribution < 1.29 is 9.59 Å². The van der Waals surface area contributed by atoms with Crippen LogP contribution in [0.3, 0.4) is 0 Å². The van der Waals surface area contributed by atoms with Gasteiger partial charge in [0.05, 0.1) is 5.41 Å². The quantitative estimate of drug-likeness (QED) is 0.212. The molecule has 4 nitrogen and oxygen atoms in total. The van der Waals surface area contributed by atoms with Crippen molar-refractivity contribution in [3.05, 3.63) is 24.3 Å². The molecule has 0 aromatic heterocycles. The van der Waals surface area contributed by atoms with Gasteiger partial charge in [0.1, 0.15) is 0 Å². The summed E-state index contributed by atoms with van der Waals surface area (Å²) < 4.78 is 0. The molecular formula is C36H58N2O2. The molecule has 40 heavy (non-hydrogen) atoms. The van der Waals surface area contributed by atoms with Gasteiger partial charge in [-0.2, -0.15) is 0 Å². The van der Waals surface area contributed by atoms with Gasteiger partial charge in [0.2, 0.25) is 5.91 Å².